The van der Waals surface area contributed by atoms with Crippen LogP contribution in [0.1, 0.15) is 27.2 Å². The van der Waals surface area contributed by atoms with Crippen molar-refractivity contribution in [2.24, 2.45) is 0 Å². The molecule has 0 aliphatic heterocycles. The Labute approximate surface area is 164 Å². The molecule has 0 aliphatic rings. The number of carbonyl (C=O) groups excluding carboxylic acids is 3. The average molecular weight is 415 g/mol. The van der Waals surface area contributed by atoms with E-state index in [2.05, 4.69) is 10.0 Å². The summed E-state index contributed by atoms with van der Waals surface area (Å²) in [6, 6.07) is 5.14. The highest BCUT2D eigenvalue weighted by Crippen LogP contribution is 2.15. The number of rotatable bonds is 10. The molecule has 1 aromatic rings. The first-order chi connectivity index (χ1) is 13.2. The van der Waals surface area contributed by atoms with Crippen molar-refractivity contribution < 1.29 is 32.3 Å². The number of benzene rings is 1. The van der Waals surface area contributed by atoms with Crippen LogP contribution in [0.25, 0.3) is 0 Å². The number of nitrogens with one attached hydrogen (secondary N) is 3. The summed E-state index contributed by atoms with van der Waals surface area (Å²) in [5, 5.41) is 4.38. The van der Waals surface area contributed by atoms with Crippen LogP contribution in [0.3, 0.4) is 0 Å². The molecule has 0 spiro atoms. The first-order valence-corrected chi connectivity index (χ1v) is 10.2. The maximum absolute atomic E-state index is 12.2. The van der Waals surface area contributed by atoms with Crippen molar-refractivity contribution >= 4 is 27.9 Å². The van der Waals surface area contributed by atoms with Crippen LogP contribution >= 0.6 is 0 Å². The van der Waals surface area contributed by atoms with Gasteiger partial charge in [-0.15, -0.1) is 0 Å². The summed E-state index contributed by atoms with van der Waals surface area (Å²) in [6.07, 6.45) is -1.48. The van der Waals surface area contributed by atoms with Crippen molar-refractivity contribution in [1.29, 1.82) is 0 Å². The fourth-order valence-corrected chi connectivity index (χ4v) is 3.01. The molecular formula is C17H25N3O7S. The molecule has 0 heterocycles. The first-order valence-electron chi connectivity index (χ1n) is 8.70. The molecule has 0 saturated carbocycles. The van der Waals surface area contributed by atoms with Crippen molar-refractivity contribution in [2.75, 3.05) is 19.7 Å². The first kappa shape index (κ1) is 23.4. The van der Waals surface area contributed by atoms with E-state index in [1.165, 1.54) is 31.2 Å². The molecule has 0 saturated heterocycles. The van der Waals surface area contributed by atoms with E-state index >= 15 is 0 Å². The highest BCUT2D eigenvalue weighted by Gasteiger charge is 2.20. The lowest BCUT2D eigenvalue weighted by Crippen LogP contribution is -2.44. The van der Waals surface area contributed by atoms with Gasteiger partial charge in [0.25, 0.3) is 5.91 Å². The highest BCUT2D eigenvalue weighted by atomic mass is 32.2. The Bertz CT molecular complexity index is 778. The summed E-state index contributed by atoms with van der Waals surface area (Å²) in [5.41, 5.74) is 0. The predicted molar refractivity (Wildman–Crippen MR) is 100 cm³/mol. The second-order valence-electron chi connectivity index (χ2n) is 5.53. The number of sulfonamides is 1. The van der Waals surface area contributed by atoms with Crippen LogP contribution in [0.2, 0.25) is 0 Å². The van der Waals surface area contributed by atoms with Gasteiger partial charge in [-0.25, -0.2) is 17.9 Å². The predicted octanol–water partition coefficient (Wildman–Crippen LogP) is 0.531. The molecular weight excluding hydrogens is 390 g/mol. The van der Waals surface area contributed by atoms with Gasteiger partial charge in [-0.1, -0.05) is 0 Å². The van der Waals surface area contributed by atoms with Crippen LogP contribution in [0.15, 0.2) is 29.2 Å². The zero-order valence-electron chi connectivity index (χ0n) is 16.0. The average Bonchev–Trinajstić information content (AvgIpc) is 2.62. The number of hydrogen-bond donors (Lipinski definition) is 3. The van der Waals surface area contributed by atoms with E-state index in [-0.39, 0.29) is 17.9 Å². The fourth-order valence-electron chi connectivity index (χ4n) is 1.98. The number of carbonyl (C=O) groups is 3. The number of ether oxygens (including phenoxy) is 2. The summed E-state index contributed by atoms with van der Waals surface area (Å²) in [4.78, 5) is 34.7. The maximum Gasteiger partial charge on any atom is 0.321 e. The van der Waals surface area contributed by atoms with E-state index in [1.807, 2.05) is 12.2 Å². The van der Waals surface area contributed by atoms with Gasteiger partial charge in [-0.05, 0) is 45.0 Å². The molecule has 3 N–H and O–H groups in total. The van der Waals surface area contributed by atoms with Gasteiger partial charge in [-0.3, -0.25) is 14.9 Å². The second-order valence-corrected chi connectivity index (χ2v) is 7.30. The van der Waals surface area contributed by atoms with Gasteiger partial charge in [0.05, 0.1) is 17.9 Å². The van der Waals surface area contributed by atoms with Crippen molar-refractivity contribution in [2.45, 2.75) is 38.2 Å². The van der Waals surface area contributed by atoms with E-state index in [0.717, 1.165) is 0 Å². The molecule has 0 fully saturated rings. The summed E-state index contributed by atoms with van der Waals surface area (Å²) in [7, 11) is -3.80. The molecule has 0 unspecified atom stereocenters. The molecule has 0 aliphatic carbocycles. The molecule has 0 radical (unpaired) electrons. The highest BCUT2D eigenvalue weighted by molar-refractivity contribution is 7.89. The van der Waals surface area contributed by atoms with Crippen LogP contribution in [0.5, 0.6) is 5.75 Å². The topological polar surface area (TPSA) is 140 Å². The molecule has 0 bridgehead atoms. The lowest BCUT2D eigenvalue weighted by Gasteiger charge is -2.13. The van der Waals surface area contributed by atoms with Gasteiger partial charge in [0, 0.05) is 13.1 Å². The lowest BCUT2D eigenvalue weighted by molar-refractivity contribution is -0.154. The second kappa shape index (κ2) is 11.2. The van der Waals surface area contributed by atoms with E-state index in [9.17, 15) is 22.8 Å². The van der Waals surface area contributed by atoms with Gasteiger partial charge in [-0.2, -0.15) is 0 Å². The third kappa shape index (κ3) is 7.92. The Morgan fingerprint density at radius 2 is 1.75 bits per heavy atom. The smallest absolute Gasteiger partial charge is 0.321 e. The minimum atomic E-state index is -3.80. The molecule has 156 valence electrons. The number of esters is 1. The van der Waals surface area contributed by atoms with Gasteiger partial charge in [0.2, 0.25) is 10.0 Å². The monoisotopic (exact) mass is 415 g/mol. The van der Waals surface area contributed by atoms with Gasteiger partial charge in [0.1, 0.15) is 5.75 Å². The molecule has 10 nitrogen and oxygen atoms in total. The standard InChI is InChI=1S/C17H25N3O7S/c1-4-18-17(23)20-16(22)12(3)27-15(21)10-11-19-28(24,25)14-8-6-13(7-9-14)26-5-2/h6-9,12,19H,4-5,10-11H2,1-3H3,(H2,18,20,22,23)/t12-/m0/s1. The number of hydrogen-bond acceptors (Lipinski definition) is 7. The molecule has 0 aromatic heterocycles. The number of imide groups is 1. The minimum absolute atomic E-state index is 0.0269. The van der Waals surface area contributed by atoms with Crippen molar-refractivity contribution in [3.05, 3.63) is 24.3 Å². The third-order valence-corrected chi connectivity index (χ3v) is 4.79. The Morgan fingerprint density at radius 3 is 2.32 bits per heavy atom. The van der Waals surface area contributed by atoms with Crippen molar-refractivity contribution in [1.82, 2.24) is 15.4 Å². The molecule has 1 atom stereocenters. The van der Waals surface area contributed by atoms with Gasteiger partial charge in [0.15, 0.2) is 6.10 Å². The molecule has 11 heteroatoms. The Hall–Kier alpha value is -2.66. The fraction of sp³-hybridized carbons (Fsp3) is 0.471. The van der Waals surface area contributed by atoms with Crippen molar-refractivity contribution in [3.8, 4) is 5.75 Å². The summed E-state index contributed by atoms with van der Waals surface area (Å²) < 4.78 is 36.8. The van der Waals surface area contributed by atoms with Crippen molar-refractivity contribution in [3.63, 3.8) is 0 Å². The van der Waals surface area contributed by atoms with E-state index in [0.29, 0.717) is 18.9 Å². The molecule has 28 heavy (non-hydrogen) atoms. The Balaban J connectivity index is 2.45. The normalized spacial score (nSPS) is 12.0. The van der Waals surface area contributed by atoms with E-state index in [1.54, 1.807) is 6.92 Å². The zero-order valence-corrected chi connectivity index (χ0v) is 16.8. The Kier molecular flexibility index (Phi) is 9.39. The SMILES string of the molecule is CCNC(=O)NC(=O)[C@H](C)OC(=O)CCNS(=O)(=O)c1ccc(OCC)cc1. The maximum atomic E-state index is 12.2. The number of amides is 3. The Morgan fingerprint density at radius 1 is 1.11 bits per heavy atom. The minimum Gasteiger partial charge on any atom is -0.494 e. The third-order valence-electron chi connectivity index (χ3n) is 3.32. The molecule has 3 amide bonds. The van der Waals surface area contributed by atoms with E-state index < -0.39 is 34.0 Å². The summed E-state index contributed by atoms with van der Waals surface area (Å²) >= 11 is 0. The molecule has 1 rings (SSSR count). The van der Waals surface area contributed by atoms with Gasteiger partial charge < -0.3 is 14.8 Å². The lowest BCUT2D eigenvalue weighted by atomic mass is 10.3. The zero-order chi connectivity index (χ0) is 21.2. The van der Waals surface area contributed by atoms with Crippen LogP contribution in [-0.4, -0.2) is 52.1 Å². The largest absolute Gasteiger partial charge is 0.494 e. The summed E-state index contributed by atoms with van der Waals surface area (Å²) in [5.74, 6) is -1.02. The van der Waals surface area contributed by atoms with Crippen LogP contribution in [0.4, 0.5) is 4.79 Å². The van der Waals surface area contributed by atoms with Gasteiger partial charge >= 0.3 is 12.0 Å². The summed E-state index contributed by atoms with van der Waals surface area (Å²) in [6.45, 7) is 5.39. The quantitative estimate of drug-likeness (QED) is 0.474. The number of urea groups is 1. The molecule has 1 aromatic carbocycles. The van der Waals surface area contributed by atoms with Crippen LogP contribution in [-0.2, 0) is 24.3 Å². The van der Waals surface area contributed by atoms with Crippen LogP contribution in [0, 0.1) is 0 Å². The van der Waals surface area contributed by atoms with Crippen LogP contribution < -0.4 is 20.1 Å². The van der Waals surface area contributed by atoms with E-state index in [4.69, 9.17) is 9.47 Å².